The number of hydrogen-bond acceptors (Lipinski definition) is 2. The molecule has 0 aromatic rings. The molecular weight excluding hydrogens is 124 g/mol. The van der Waals surface area contributed by atoms with Crippen LogP contribution in [-0.2, 0) is 0 Å². The van der Waals surface area contributed by atoms with E-state index in [9.17, 15) is 0 Å². The molecule has 2 aliphatic rings. The lowest BCUT2D eigenvalue weighted by atomic mass is 10.2. The molecule has 1 saturated carbocycles. The first-order valence-corrected chi connectivity index (χ1v) is 3.84. The summed E-state index contributed by atoms with van der Waals surface area (Å²) in [4.78, 5) is 4.46. The maximum Gasteiger partial charge on any atom is 0.120 e. The van der Waals surface area contributed by atoms with Gasteiger partial charge in [-0.15, -0.1) is 0 Å². The molecule has 2 rings (SSSR count). The van der Waals surface area contributed by atoms with Crippen LogP contribution >= 0.6 is 0 Å². The summed E-state index contributed by atoms with van der Waals surface area (Å²) in [6.45, 7) is 0. The summed E-state index contributed by atoms with van der Waals surface area (Å²) >= 11 is 0. The highest BCUT2D eigenvalue weighted by atomic mass is 15.0. The zero-order valence-corrected chi connectivity index (χ0v) is 6.17. The predicted molar refractivity (Wildman–Crippen MR) is 42.1 cm³/mol. The maximum atomic E-state index is 4.46. The Bertz CT molecular complexity index is 189. The SMILES string of the molecule is CNC1=NC(C2CC2)C=C1. The summed E-state index contributed by atoms with van der Waals surface area (Å²) in [6.07, 6.45) is 7.01. The van der Waals surface area contributed by atoms with E-state index < -0.39 is 0 Å². The van der Waals surface area contributed by atoms with Crippen molar-refractivity contribution in [3.63, 3.8) is 0 Å². The van der Waals surface area contributed by atoms with Gasteiger partial charge in [0.2, 0.25) is 0 Å². The molecule has 0 saturated heterocycles. The van der Waals surface area contributed by atoms with Gasteiger partial charge in [-0.05, 0) is 24.8 Å². The average molecular weight is 136 g/mol. The first kappa shape index (κ1) is 5.96. The quantitative estimate of drug-likeness (QED) is 0.570. The highest BCUT2D eigenvalue weighted by Gasteiger charge is 2.30. The van der Waals surface area contributed by atoms with E-state index in [2.05, 4.69) is 22.5 Å². The van der Waals surface area contributed by atoms with Crippen LogP contribution in [0, 0.1) is 5.92 Å². The van der Waals surface area contributed by atoms with Crippen LogP contribution in [0.1, 0.15) is 12.8 Å². The van der Waals surface area contributed by atoms with E-state index in [0.29, 0.717) is 6.04 Å². The third kappa shape index (κ3) is 0.939. The first-order valence-electron chi connectivity index (χ1n) is 3.84. The van der Waals surface area contributed by atoms with Crippen molar-refractivity contribution >= 4 is 5.84 Å². The summed E-state index contributed by atoms with van der Waals surface area (Å²) in [6, 6.07) is 0.502. The highest BCUT2D eigenvalue weighted by Crippen LogP contribution is 2.36. The molecule has 10 heavy (non-hydrogen) atoms. The standard InChI is InChI=1S/C8H12N2/c1-9-8-5-4-7(10-8)6-2-3-6/h4-7H,2-3H2,1H3,(H,9,10). The van der Waals surface area contributed by atoms with Crippen molar-refractivity contribution in [2.45, 2.75) is 18.9 Å². The molecule has 0 aromatic heterocycles. The molecule has 2 nitrogen and oxygen atoms in total. The third-order valence-corrected chi connectivity index (χ3v) is 2.10. The summed E-state index contributed by atoms with van der Waals surface area (Å²) < 4.78 is 0. The van der Waals surface area contributed by atoms with Gasteiger partial charge in [0.05, 0.1) is 6.04 Å². The van der Waals surface area contributed by atoms with Gasteiger partial charge in [0.1, 0.15) is 5.84 Å². The van der Waals surface area contributed by atoms with Crippen molar-refractivity contribution in [2.24, 2.45) is 10.9 Å². The van der Waals surface area contributed by atoms with Crippen LogP contribution in [0.15, 0.2) is 17.1 Å². The molecule has 1 N–H and O–H groups in total. The lowest BCUT2D eigenvalue weighted by molar-refractivity contribution is 0.720. The Morgan fingerprint density at radius 1 is 1.60 bits per heavy atom. The van der Waals surface area contributed by atoms with Crippen molar-refractivity contribution in [3.05, 3.63) is 12.2 Å². The molecule has 0 radical (unpaired) electrons. The second kappa shape index (κ2) is 2.11. The molecule has 1 heterocycles. The molecule has 0 spiro atoms. The molecule has 1 unspecified atom stereocenters. The van der Waals surface area contributed by atoms with Crippen molar-refractivity contribution in [2.75, 3.05) is 7.05 Å². The Kier molecular flexibility index (Phi) is 1.26. The van der Waals surface area contributed by atoms with Gasteiger partial charge in [0.25, 0.3) is 0 Å². The monoisotopic (exact) mass is 136 g/mol. The van der Waals surface area contributed by atoms with Crippen LogP contribution in [0.2, 0.25) is 0 Å². The van der Waals surface area contributed by atoms with Crippen LogP contribution in [0.3, 0.4) is 0 Å². The van der Waals surface area contributed by atoms with Crippen LogP contribution in [-0.4, -0.2) is 18.9 Å². The molecule has 0 aromatic carbocycles. The third-order valence-electron chi connectivity index (χ3n) is 2.10. The average Bonchev–Trinajstić information content (AvgIpc) is 2.70. The van der Waals surface area contributed by atoms with E-state index in [-0.39, 0.29) is 0 Å². The second-order valence-electron chi connectivity index (χ2n) is 2.95. The summed E-state index contributed by atoms with van der Waals surface area (Å²) in [7, 11) is 1.92. The molecular formula is C8H12N2. The van der Waals surface area contributed by atoms with Crippen LogP contribution in [0.4, 0.5) is 0 Å². The highest BCUT2D eigenvalue weighted by molar-refractivity contribution is 5.94. The minimum atomic E-state index is 0.502. The smallest absolute Gasteiger partial charge is 0.120 e. The minimum absolute atomic E-state index is 0.502. The second-order valence-corrected chi connectivity index (χ2v) is 2.95. The zero-order valence-electron chi connectivity index (χ0n) is 6.17. The van der Waals surface area contributed by atoms with Gasteiger partial charge in [0.15, 0.2) is 0 Å². The fraction of sp³-hybridized carbons (Fsp3) is 0.625. The van der Waals surface area contributed by atoms with Crippen molar-refractivity contribution in [1.29, 1.82) is 0 Å². The Labute approximate surface area is 61.0 Å². The van der Waals surface area contributed by atoms with Crippen molar-refractivity contribution < 1.29 is 0 Å². The molecule has 0 bridgehead atoms. The van der Waals surface area contributed by atoms with Crippen molar-refractivity contribution in [3.8, 4) is 0 Å². The summed E-state index contributed by atoms with van der Waals surface area (Å²) in [5.41, 5.74) is 0. The van der Waals surface area contributed by atoms with Gasteiger partial charge in [-0.3, -0.25) is 4.99 Å². The Morgan fingerprint density at radius 3 is 2.90 bits per heavy atom. The van der Waals surface area contributed by atoms with Crippen molar-refractivity contribution in [1.82, 2.24) is 5.32 Å². The Hall–Kier alpha value is -0.790. The molecule has 1 aliphatic heterocycles. The molecule has 2 heteroatoms. The lowest BCUT2D eigenvalue weighted by Gasteiger charge is -1.99. The van der Waals surface area contributed by atoms with Gasteiger partial charge in [-0.2, -0.15) is 0 Å². The topological polar surface area (TPSA) is 24.4 Å². The largest absolute Gasteiger partial charge is 0.373 e. The lowest BCUT2D eigenvalue weighted by Crippen LogP contribution is -2.14. The van der Waals surface area contributed by atoms with Crippen LogP contribution < -0.4 is 5.32 Å². The fourth-order valence-corrected chi connectivity index (χ4v) is 1.28. The van der Waals surface area contributed by atoms with E-state index >= 15 is 0 Å². The van der Waals surface area contributed by atoms with E-state index in [1.54, 1.807) is 0 Å². The van der Waals surface area contributed by atoms with Gasteiger partial charge in [-0.1, -0.05) is 6.08 Å². The number of hydrogen-bond donors (Lipinski definition) is 1. The summed E-state index contributed by atoms with van der Waals surface area (Å²) in [5.74, 6) is 1.90. The van der Waals surface area contributed by atoms with E-state index in [4.69, 9.17) is 0 Å². The molecule has 0 amide bonds. The van der Waals surface area contributed by atoms with Gasteiger partial charge < -0.3 is 5.32 Å². The Balaban J connectivity index is 2.02. The molecule has 1 fully saturated rings. The maximum absolute atomic E-state index is 4.46. The molecule has 54 valence electrons. The van der Waals surface area contributed by atoms with Crippen LogP contribution in [0.5, 0.6) is 0 Å². The summed E-state index contributed by atoms with van der Waals surface area (Å²) in [5, 5.41) is 3.04. The Morgan fingerprint density at radius 2 is 2.40 bits per heavy atom. The number of likely N-dealkylation sites (N-methyl/N-ethyl adjacent to an activating group) is 1. The predicted octanol–water partition coefficient (Wildman–Crippen LogP) is 0.953. The van der Waals surface area contributed by atoms with E-state index in [1.807, 2.05) is 7.05 Å². The molecule has 1 aliphatic carbocycles. The van der Waals surface area contributed by atoms with Gasteiger partial charge >= 0.3 is 0 Å². The minimum Gasteiger partial charge on any atom is -0.373 e. The number of nitrogens with zero attached hydrogens (tertiary/aromatic N) is 1. The van der Waals surface area contributed by atoms with Gasteiger partial charge in [-0.25, -0.2) is 0 Å². The molecule has 1 atom stereocenters. The number of aliphatic imine (C=N–C) groups is 1. The first-order chi connectivity index (χ1) is 4.90. The number of rotatable bonds is 1. The van der Waals surface area contributed by atoms with Crippen LogP contribution in [0.25, 0.3) is 0 Å². The number of nitrogens with one attached hydrogen (secondary N) is 1. The fourth-order valence-electron chi connectivity index (χ4n) is 1.28. The normalized spacial score (nSPS) is 30.5. The van der Waals surface area contributed by atoms with Gasteiger partial charge in [0, 0.05) is 7.05 Å². The zero-order chi connectivity index (χ0) is 6.97. The van der Waals surface area contributed by atoms with E-state index in [0.717, 1.165) is 11.8 Å². The van der Waals surface area contributed by atoms with E-state index in [1.165, 1.54) is 12.8 Å². The number of amidine groups is 1.